The number of carbonyl (C=O) groups is 2. The smallest absolute Gasteiger partial charge is 0.461 e. The first-order chi connectivity index (χ1) is 14.3. The molecule has 0 aliphatic heterocycles. The molecule has 2 amide bonds. The van der Waals surface area contributed by atoms with Gasteiger partial charge in [-0.25, -0.2) is 9.59 Å². The van der Waals surface area contributed by atoms with Crippen molar-refractivity contribution in [2.45, 2.75) is 44.8 Å². The number of amides is 2. The van der Waals surface area contributed by atoms with Crippen LogP contribution >= 0.6 is 11.6 Å². The number of urea groups is 1. The maximum absolute atomic E-state index is 13.8. The lowest BCUT2D eigenvalue weighted by Gasteiger charge is -2.31. The van der Waals surface area contributed by atoms with E-state index < -0.39 is 53.1 Å². The van der Waals surface area contributed by atoms with Crippen LogP contribution in [0.15, 0.2) is 29.4 Å². The Labute approximate surface area is 177 Å². The number of nitrogens with one attached hydrogen (secondary N) is 2. The molecule has 0 fully saturated rings. The van der Waals surface area contributed by atoms with Crippen molar-refractivity contribution in [3.05, 3.63) is 29.8 Å². The van der Waals surface area contributed by atoms with Gasteiger partial charge in [-0.2, -0.15) is 26.3 Å². The number of carbonyl (C=O) groups excluding carboxylic acids is 2. The van der Waals surface area contributed by atoms with Crippen molar-refractivity contribution in [3.8, 4) is 0 Å². The van der Waals surface area contributed by atoms with Gasteiger partial charge in [0.05, 0.1) is 12.2 Å². The number of anilines is 1. The number of nitrogens with zero attached hydrogens (tertiary/aromatic N) is 1. The monoisotopic (exact) mass is 477 g/mol. The minimum Gasteiger partial charge on any atom is -0.461 e. The minimum atomic E-state index is -5.59. The maximum atomic E-state index is 13.8. The number of ether oxygens (including phenoxy) is 1. The van der Waals surface area contributed by atoms with Crippen LogP contribution in [0.4, 0.5) is 36.8 Å². The Kier molecular flexibility index (Phi) is 8.97. The molecule has 0 bridgehead atoms. The van der Waals surface area contributed by atoms with Gasteiger partial charge in [0, 0.05) is 12.1 Å². The van der Waals surface area contributed by atoms with Crippen LogP contribution in [0, 0.1) is 0 Å². The Balaban J connectivity index is 3.25. The van der Waals surface area contributed by atoms with Gasteiger partial charge in [0.15, 0.2) is 0 Å². The highest BCUT2D eigenvalue weighted by Gasteiger charge is 2.67. The third-order valence-electron chi connectivity index (χ3n) is 3.44. The Morgan fingerprint density at radius 2 is 1.77 bits per heavy atom. The van der Waals surface area contributed by atoms with E-state index in [9.17, 15) is 35.9 Å². The molecule has 7 nitrogen and oxygen atoms in total. The van der Waals surface area contributed by atoms with Crippen molar-refractivity contribution in [2.75, 3.05) is 11.9 Å². The van der Waals surface area contributed by atoms with Gasteiger partial charge < -0.3 is 14.9 Å². The molecule has 0 heterocycles. The van der Waals surface area contributed by atoms with Crippen LogP contribution in [-0.2, 0) is 20.5 Å². The summed E-state index contributed by atoms with van der Waals surface area (Å²) in [5.41, 5.74) is -5.77. The lowest BCUT2D eigenvalue weighted by atomic mass is 10.2. The van der Waals surface area contributed by atoms with Crippen molar-refractivity contribution in [1.82, 2.24) is 5.32 Å². The topological polar surface area (TPSA) is 89.0 Å². The number of rotatable bonds is 8. The number of halogens is 7. The van der Waals surface area contributed by atoms with Crippen LogP contribution in [0.1, 0.15) is 32.3 Å². The summed E-state index contributed by atoms with van der Waals surface area (Å²) in [6.07, 6.45) is -9.96. The normalized spacial score (nSPS) is 14.4. The Morgan fingerprint density at radius 1 is 1.13 bits per heavy atom. The van der Waals surface area contributed by atoms with Crippen LogP contribution in [0.2, 0.25) is 0 Å². The van der Waals surface area contributed by atoms with Crippen molar-refractivity contribution in [3.63, 3.8) is 0 Å². The molecular formula is C17H18ClF6N3O4. The third-order valence-corrected chi connectivity index (χ3v) is 3.70. The number of oxime groups is 1. The van der Waals surface area contributed by atoms with Gasteiger partial charge in [-0.1, -0.05) is 29.7 Å². The van der Waals surface area contributed by atoms with Gasteiger partial charge in [0.2, 0.25) is 0 Å². The van der Waals surface area contributed by atoms with E-state index in [4.69, 9.17) is 11.6 Å². The summed E-state index contributed by atoms with van der Waals surface area (Å²) >= 11 is 5.62. The standard InChI is InChI=1S/C17H18ClF6N3O4/c1-3-6-12(18)27-31-15(17(22,23)24,13(28)30-4-2)26-14(29)25-11-8-5-7-10(9-11)16(19,20)21/h5,7-9H,3-4,6H2,1-2H3,(H2,25,26,29). The first-order valence-corrected chi connectivity index (χ1v) is 9.05. The zero-order valence-corrected chi connectivity index (χ0v) is 16.9. The molecule has 0 saturated heterocycles. The molecule has 0 aromatic heterocycles. The average molecular weight is 478 g/mol. The molecular weight excluding hydrogens is 460 g/mol. The third kappa shape index (κ3) is 7.19. The van der Waals surface area contributed by atoms with Crippen LogP contribution in [0.25, 0.3) is 0 Å². The molecule has 1 unspecified atom stereocenters. The second-order valence-electron chi connectivity index (χ2n) is 5.87. The quantitative estimate of drug-likeness (QED) is 0.181. The van der Waals surface area contributed by atoms with E-state index in [1.165, 1.54) is 12.2 Å². The zero-order valence-electron chi connectivity index (χ0n) is 16.2. The number of esters is 1. The molecule has 1 aromatic carbocycles. The molecule has 174 valence electrons. The Bertz CT molecular complexity index is 816. The lowest BCUT2D eigenvalue weighted by Crippen LogP contribution is -2.66. The van der Waals surface area contributed by atoms with E-state index in [1.54, 1.807) is 12.2 Å². The number of alkyl halides is 6. The molecule has 1 atom stereocenters. The Morgan fingerprint density at radius 3 is 2.29 bits per heavy atom. The second kappa shape index (κ2) is 10.6. The van der Waals surface area contributed by atoms with E-state index in [-0.39, 0.29) is 6.42 Å². The van der Waals surface area contributed by atoms with Gasteiger partial charge >= 0.3 is 30.1 Å². The highest BCUT2D eigenvalue weighted by molar-refractivity contribution is 6.65. The van der Waals surface area contributed by atoms with Gasteiger partial charge in [0.1, 0.15) is 5.17 Å². The number of hydrogen-bond acceptors (Lipinski definition) is 5. The fourth-order valence-electron chi connectivity index (χ4n) is 2.05. The van der Waals surface area contributed by atoms with Gasteiger partial charge in [-0.15, -0.1) is 0 Å². The number of hydrogen-bond donors (Lipinski definition) is 2. The summed E-state index contributed by atoms with van der Waals surface area (Å²) in [5, 5.41) is 5.62. The molecule has 14 heteroatoms. The molecule has 1 rings (SSSR count). The van der Waals surface area contributed by atoms with Gasteiger partial charge in [-0.05, 0) is 31.5 Å². The summed E-state index contributed by atoms with van der Waals surface area (Å²) in [6.45, 7) is 2.33. The summed E-state index contributed by atoms with van der Waals surface area (Å²) in [7, 11) is 0. The second-order valence-corrected chi connectivity index (χ2v) is 6.30. The first kappa shape index (κ1) is 26.3. The largest absolute Gasteiger partial charge is 0.463 e. The predicted octanol–water partition coefficient (Wildman–Crippen LogP) is 5.02. The molecule has 1 aromatic rings. The van der Waals surface area contributed by atoms with Gasteiger partial charge in [0.25, 0.3) is 0 Å². The summed E-state index contributed by atoms with van der Waals surface area (Å²) in [4.78, 5) is 28.5. The number of benzene rings is 1. The zero-order chi connectivity index (χ0) is 23.9. The van der Waals surface area contributed by atoms with Crippen LogP contribution < -0.4 is 10.6 Å². The van der Waals surface area contributed by atoms with Crippen LogP contribution in [0.5, 0.6) is 0 Å². The van der Waals surface area contributed by atoms with Crippen molar-refractivity contribution < 1.29 is 45.5 Å². The molecule has 0 aliphatic carbocycles. The summed E-state index contributed by atoms with van der Waals surface area (Å²) in [5.74, 6) is -2.06. The van der Waals surface area contributed by atoms with Gasteiger partial charge in [-0.3, -0.25) is 5.32 Å². The minimum absolute atomic E-state index is 0.00868. The van der Waals surface area contributed by atoms with E-state index >= 15 is 0 Å². The highest BCUT2D eigenvalue weighted by Crippen LogP contribution is 2.34. The highest BCUT2D eigenvalue weighted by atomic mass is 35.5. The average Bonchev–Trinajstić information content (AvgIpc) is 2.64. The molecule has 0 aliphatic rings. The molecule has 0 spiro atoms. The SMILES string of the molecule is CCCC(Cl)=NOC(NC(=O)Nc1cccc(C(F)(F)F)c1)(C(=O)OCC)C(F)(F)F. The fraction of sp³-hybridized carbons (Fsp3) is 0.471. The van der Waals surface area contributed by atoms with Crippen LogP contribution in [0.3, 0.4) is 0 Å². The molecule has 0 saturated carbocycles. The van der Waals surface area contributed by atoms with Crippen molar-refractivity contribution >= 4 is 34.5 Å². The van der Waals surface area contributed by atoms with E-state index in [1.807, 2.05) is 0 Å². The predicted molar refractivity (Wildman–Crippen MR) is 98.3 cm³/mol. The Hall–Kier alpha value is -2.70. The van der Waals surface area contributed by atoms with E-state index in [2.05, 4.69) is 14.7 Å². The van der Waals surface area contributed by atoms with Crippen molar-refractivity contribution in [2.24, 2.45) is 5.16 Å². The lowest BCUT2D eigenvalue weighted by molar-refractivity contribution is -0.284. The van der Waals surface area contributed by atoms with E-state index in [0.717, 1.165) is 12.1 Å². The maximum Gasteiger partial charge on any atom is 0.463 e. The molecule has 0 radical (unpaired) electrons. The fourth-order valence-corrected chi connectivity index (χ4v) is 2.27. The first-order valence-electron chi connectivity index (χ1n) is 8.67. The van der Waals surface area contributed by atoms with Crippen LogP contribution in [-0.4, -0.2) is 35.7 Å². The van der Waals surface area contributed by atoms with E-state index in [0.29, 0.717) is 18.6 Å². The van der Waals surface area contributed by atoms with Crippen molar-refractivity contribution in [1.29, 1.82) is 0 Å². The summed E-state index contributed by atoms with van der Waals surface area (Å²) < 4.78 is 84.0. The summed E-state index contributed by atoms with van der Waals surface area (Å²) in [6, 6.07) is 1.37. The molecule has 31 heavy (non-hydrogen) atoms. The molecule has 2 N–H and O–H groups in total.